The predicted octanol–water partition coefficient (Wildman–Crippen LogP) is 3.93. The quantitative estimate of drug-likeness (QED) is 0.457. The summed E-state index contributed by atoms with van der Waals surface area (Å²) in [5.41, 5.74) is 2.20. The molecule has 1 aliphatic heterocycles. The first kappa shape index (κ1) is 26.2. The zero-order chi connectivity index (χ0) is 26.4. The molecule has 0 saturated carbocycles. The second kappa shape index (κ2) is 11.9. The maximum absolute atomic E-state index is 13.9. The minimum atomic E-state index is -1.16. The molecule has 3 aromatic carbocycles. The Labute approximate surface area is 220 Å². The van der Waals surface area contributed by atoms with Gasteiger partial charge in [-0.2, -0.15) is 0 Å². The van der Waals surface area contributed by atoms with E-state index in [-0.39, 0.29) is 25.6 Å². The van der Waals surface area contributed by atoms with Crippen LogP contribution < -0.4 is 4.74 Å². The van der Waals surface area contributed by atoms with Gasteiger partial charge in [-0.15, -0.1) is 0 Å². The average molecular weight is 523 g/mol. The van der Waals surface area contributed by atoms with Gasteiger partial charge in [-0.1, -0.05) is 66.2 Å². The molecule has 8 nitrogen and oxygen atoms in total. The van der Waals surface area contributed by atoms with Crippen molar-refractivity contribution in [3.8, 4) is 5.75 Å². The highest BCUT2D eigenvalue weighted by Crippen LogP contribution is 2.33. The maximum atomic E-state index is 13.9. The number of carboxylic acids is 1. The number of hydrogen-bond donors (Lipinski definition) is 1. The van der Waals surface area contributed by atoms with E-state index in [1.54, 1.807) is 47.4 Å². The van der Waals surface area contributed by atoms with Crippen molar-refractivity contribution in [2.24, 2.45) is 0 Å². The second-order valence-electron chi connectivity index (χ2n) is 8.68. The van der Waals surface area contributed by atoms with Crippen molar-refractivity contribution in [2.75, 3.05) is 20.3 Å². The molecule has 2 atom stereocenters. The van der Waals surface area contributed by atoms with Crippen LogP contribution in [0.15, 0.2) is 78.9 Å². The van der Waals surface area contributed by atoms with Crippen LogP contribution in [0.2, 0.25) is 5.02 Å². The number of morpholine rings is 1. The van der Waals surface area contributed by atoms with Crippen molar-refractivity contribution in [1.29, 1.82) is 0 Å². The molecule has 4 rings (SSSR count). The Morgan fingerprint density at radius 2 is 1.78 bits per heavy atom. The molecular weight excluding hydrogens is 496 g/mol. The molecule has 1 aliphatic rings. The zero-order valence-corrected chi connectivity index (χ0v) is 21.0. The van der Waals surface area contributed by atoms with Gasteiger partial charge in [-0.05, 0) is 41.0 Å². The summed E-state index contributed by atoms with van der Waals surface area (Å²) in [6, 6.07) is 22.6. The highest BCUT2D eigenvalue weighted by atomic mass is 35.5. The van der Waals surface area contributed by atoms with Gasteiger partial charge in [0, 0.05) is 18.1 Å². The van der Waals surface area contributed by atoms with Gasteiger partial charge >= 0.3 is 5.97 Å². The van der Waals surface area contributed by atoms with Crippen LogP contribution in [0.4, 0.5) is 0 Å². The molecule has 9 heteroatoms. The number of benzene rings is 3. The van der Waals surface area contributed by atoms with Crippen LogP contribution in [0, 0.1) is 0 Å². The Bertz CT molecular complexity index is 1270. The van der Waals surface area contributed by atoms with Crippen molar-refractivity contribution in [1.82, 2.24) is 9.80 Å². The van der Waals surface area contributed by atoms with E-state index in [4.69, 9.17) is 21.1 Å². The molecule has 1 fully saturated rings. The molecule has 1 saturated heterocycles. The molecule has 0 unspecified atom stereocenters. The van der Waals surface area contributed by atoms with Gasteiger partial charge in [-0.3, -0.25) is 14.4 Å². The van der Waals surface area contributed by atoms with Crippen LogP contribution >= 0.6 is 11.6 Å². The van der Waals surface area contributed by atoms with Crippen molar-refractivity contribution >= 4 is 29.4 Å². The summed E-state index contributed by atoms with van der Waals surface area (Å²) in [7, 11) is 1.53. The van der Waals surface area contributed by atoms with Gasteiger partial charge in [0.2, 0.25) is 5.91 Å². The minimum absolute atomic E-state index is 0.0337. The summed E-state index contributed by atoms with van der Waals surface area (Å²) in [6.07, 6.45) is -1.11. The van der Waals surface area contributed by atoms with E-state index in [2.05, 4.69) is 0 Å². The number of amides is 2. The number of carbonyl (C=O) groups is 3. The standard InChI is InChI=1S/C28H27ClN2O6/c1-36-23-12-6-8-20(14-23)15-30(17-25(33)34)28(35)27-26(21-9-3-2-4-10-21)31(24(32)18-37-27)16-19-7-5-11-22(29)13-19/h2-14,26-27H,15-18H2,1H3,(H,33,34)/t26-,27+/m1/s1. The van der Waals surface area contributed by atoms with Gasteiger partial charge in [0.15, 0.2) is 6.10 Å². The maximum Gasteiger partial charge on any atom is 0.323 e. The Balaban J connectivity index is 1.69. The van der Waals surface area contributed by atoms with Crippen molar-refractivity contribution < 1.29 is 29.0 Å². The normalized spacial score (nSPS) is 17.4. The van der Waals surface area contributed by atoms with Gasteiger partial charge < -0.3 is 24.4 Å². The molecule has 0 radical (unpaired) electrons. The molecular formula is C28H27ClN2O6. The van der Waals surface area contributed by atoms with Gasteiger partial charge in [0.1, 0.15) is 18.9 Å². The molecule has 3 aromatic rings. The number of ether oxygens (including phenoxy) is 2. The number of aliphatic carboxylic acids is 1. The molecule has 0 aromatic heterocycles. The van der Waals surface area contributed by atoms with Crippen LogP contribution in [-0.4, -0.2) is 59.1 Å². The van der Waals surface area contributed by atoms with Gasteiger partial charge in [0.25, 0.3) is 5.91 Å². The lowest BCUT2D eigenvalue weighted by Crippen LogP contribution is -2.55. The van der Waals surface area contributed by atoms with Crippen LogP contribution in [0.3, 0.4) is 0 Å². The van der Waals surface area contributed by atoms with Crippen LogP contribution in [0.1, 0.15) is 22.7 Å². The number of halogens is 1. The monoisotopic (exact) mass is 522 g/mol. The van der Waals surface area contributed by atoms with E-state index < -0.39 is 30.6 Å². The van der Waals surface area contributed by atoms with E-state index in [0.29, 0.717) is 21.9 Å². The lowest BCUT2D eigenvalue weighted by Gasteiger charge is -2.42. The highest BCUT2D eigenvalue weighted by Gasteiger charge is 2.43. The van der Waals surface area contributed by atoms with Crippen LogP contribution in [0.5, 0.6) is 5.75 Å². The van der Waals surface area contributed by atoms with E-state index >= 15 is 0 Å². The molecule has 0 aliphatic carbocycles. The van der Waals surface area contributed by atoms with E-state index in [0.717, 1.165) is 5.56 Å². The van der Waals surface area contributed by atoms with Crippen molar-refractivity contribution in [3.63, 3.8) is 0 Å². The fraction of sp³-hybridized carbons (Fsp3) is 0.250. The zero-order valence-electron chi connectivity index (χ0n) is 20.2. The summed E-state index contributed by atoms with van der Waals surface area (Å²) < 4.78 is 11.1. The lowest BCUT2D eigenvalue weighted by atomic mass is 9.95. The number of rotatable bonds is 9. The summed E-state index contributed by atoms with van der Waals surface area (Å²) in [4.78, 5) is 41.5. The summed E-state index contributed by atoms with van der Waals surface area (Å²) >= 11 is 6.17. The van der Waals surface area contributed by atoms with Crippen molar-refractivity contribution in [2.45, 2.75) is 25.2 Å². The van der Waals surface area contributed by atoms with E-state index in [1.807, 2.05) is 36.4 Å². The number of carboxylic acid groups (broad SMARTS) is 1. The minimum Gasteiger partial charge on any atom is -0.497 e. The SMILES string of the molecule is COc1cccc(CN(CC(=O)O)C(=O)[C@H]2OCC(=O)N(Cc3cccc(Cl)c3)[C@@H]2c2ccccc2)c1. The number of hydrogen-bond acceptors (Lipinski definition) is 5. The van der Waals surface area contributed by atoms with Crippen LogP contribution in [-0.2, 0) is 32.2 Å². The topological polar surface area (TPSA) is 96.4 Å². The second-order valence-corrected chi connectivity index (χ2v) is 9.11. The first-order valence-electron chi connectivity index (χ1n) is 11.7. The molecule has 192 valence electrons. The summed E-state index contributed by atoms with van der Waals surface area (Å²) in [6.45, 7) is -0.590. The molecule has 1 heterocycles. The molecule has 2 amide bonds. The Morgan fingerprint density at radius 1 is 1.05 bits per heavy atom. The fourth-order valence-electron chi connectivity index (χ4n) is 4.43. The van der Waals surface area contributed by atoms with E-state index in [1.165, 1.54) is 12.0 Å². The molecule has 0 bridgehead atoms. The van der Waals surface area contributed by atoms with E-state index in [9.17, 15) is 19.5 Å². The fourth-order valence-corrected chi connectivity index (χ4v) is 4.64. The summed E-state index contributed by atoms with van der Waals surface area (Å²) in [5, 5.41) is 10.1. The largest absolute Gasteiger partial charge is 0.497 e. The number of nitrogens with zero attached hydrogens (tertiary/aromatic N) is 2. The van der Waals surface area contributed by atoms with Gasteiger partial charge in [-0.25, -0.2) is 0 Å². The Hall–Kier alpha value is -3.88. The lowest BCUT2D eigenvalue weighted by molar-refractivity contribution is -0.172. The first-order chi connectivity index (χ1) is 17.9. The third-order valence-electron chi connectivity index (χ3n) is 6.10. The Kier molecular flexibility index (Phi) is 8.43. The van der Waals surface area contributed by atoms with Crippen LogP contribution in [0.25, 0.3) is 0 Å². The third-order valence-corrected chi connectivity index (χ3v) is 6.34. The number of methoxy groups -OCH3 is 1. The predicted molar refractivity (Wildman–Crippen MR) is 137 cm³/mol. The van der Waals surface area contributed by atoms with Gasteiger partial charge in [0.05, 0.1) is 13.2 Å². The molecule has 0 spiro atoms. The smallest absolute Gasteiger partial charge is 0.323 e. The molecule has 37 heavy (non-hydrogen) atoms. The summed E-state index contributed by atoms with van der Waals surface area (Å²) in [5.74, 6) is -1.37. The first-order valence-corrected chi connectivity index (χ1v) is 12.1. The molecule has 1 N–H and O–H groups in total. The highest BCUT2D eigenvalue weighted by molar-refractivity contribution is 6.30. The number of carbonyl (C=O) groups excluding carboxylic acids is 2. The third kappa shape index (κ3) is 6.47. The Morgan fingerprint density at radius 3 is 2.49 bits per heavy atom. The average Bonchev–Trinajstić information content (AvgIpc) is 2.89. The van der Waals surface area contributed by atoms with Crippen molar-refractivity contribution in [3.05, 3.63) is 101 Å².